The number of nitrogens with zero attached hydrogens (tertiary/aromatic N) is 1. The summed E-state index contributed by atoms with van der Waals surface area (Å²) in [6.07, 6.45) is 4.86. The molecule has 1 fully saturated rings. The first-order valence-corrected chi connectivity index (χ1v) is 13.7. The van der Waals surface area contributed by atoms with E-state index >= 15 is 0 Å². The molecule has 1 aliphatic heterocycles. The standard InChI is InChI=1S/C31H39N5O3/c32-27-11-4-5-12-29(27)34-30(37)25-15-13-24(14-16-25)28(35-31(33)38)18-17-26(36-19-21-39-22-20-36)10-6-9-23-7-2-1-3-8-23/h1-5,7-8,11-16,26,28H,6,9-10,17-22,32H2,(H,34,37)(H3,33,35,38). The van der Waals surface area contributed by atoms with Crippen LogP contribution in [-0.2, 0) is 11.2 Å². The maximum Gasteiger partial charge on any atom is 0.312 e. The number of carbonyl (C=O) groups is 2. The number of aryl methyl sites for hydroxylation is 1. The molecule has 8 nitrogen and oxygen atoms in total. The van der Waals surface area contributed by atoms with Gasteiger partial charge in [0.25, 0.3) is 5.91 Å². The van der Waals surface area contributed by atoms with Gasteiger partial charge >= 0.3 is 6.03 Å². The number of urea groups is 1. The van der Waals surface area contributed by atoms with Crippen molar-refractivity contribution in [2.75, 3.05) is 37.4 Å². The number of morpholine rings is 1. The average molecular weight is 530 g/mol. The van der Waals surface area contributed by atoms with Crippen molar-refractivity contribution in [1.82, 2.24) is 10.2 Å². The van der Waals surface area contributed by atoms with Crippen molar-refractivity contribution in [1.29, 1.82) is 0 Å². The second-order valence-electron chi connectivity index (χ2n) is 9.98. The van der Waals surface area contributed by atoms with Gasteiger partial charge in [0.1, 0.15) is 0 Å². The lowest BCUT2D eigenvalue weighted by Crippen LogP contribution is -2.44. The van der Waals surface area contributed by atoms with Crippen molar-refractivity contribution in [3.63, 3.8) is 0 Å². The van der Waals surface area contributed by atoms with Crippen molar-refractivity contribution in [3.8, 4) is 0 Å². The fourth-order valence-corrected chi connectivity index (χ4v) is 5.16. The Labute approximate surface area is 230 Å². The van der Waals surface area contributed by atoms with E-state index in [1.807, 2.05) is 30.3 Å². The average Bonchev–Trinajstić information content (AvgIpc) is 2.96. The summed E-state index contributed by atoms with van der Waals surface area (Å²) in [5.41, 5.74) is 15.3. The molecule has 0 bridgehead atoms. The third-order valence-corrected chi connectivity index (χ3v) is 7.30. The lowest BCUT2D eigenvalue weighted by molar-refractivity contribution is 0.0116. The highest BCUT2D eigenvalue weighted by molar-refractivity contribution is 6.05. The van der Waals surface area contributed by atoms with Crippen molar-refractivity contribution in [3.05, 3.63) is 95.6 Å². The zero-order valence-corrected chi connectivity index (χ0v) is 22.4. The van der Waals surface area contributed by atoms with Gasteiger partial charge in [0, 0.05) is 24.7 Å². The van der Waals surface area contributed by atoms with Gasteiger partial charge in [0.05, 0.1) is 30.6 Å². The number of amides is 3. The fourth-order valence-electron chi connectivity index (χ4n) is 5.16. The summed E-state index contributed by atoms with van der Waals surface area (Å²) in [4.78, 5) is 27.1. The Morgan fingerprint density at radius 3 is 2.26 bits per heavy atom. The Morgan fingerprint density at radius 2 is 1.56 bits per heavy atom. The number of hydrogen-bond donors (Lipinski definition) is 4. The molecular formula is C31H39N5O3. The molecule has 1 saturated heterocycles. The lowest BCUT2D eigenvalue weighted by Gasteiger charge is -2.35. The van der Waals surface area contributed by atoms with Gasteiger partial charge in [-0.25, -0.2) is 4.79 Å². The van der Waals surface area contributed by atoms with Gasteiger partial charge in [-0.1, -0.05) is 54.6 Å². The number of primary amides is 1. The first-order chi connectivity index (χ1) is 19.0. The summed E-state index contributed by atoms with van der Waals surface area (Å²) in [5.74, 6) is -0.246. The quantitative estimate of drug-likeness (QED) is 0.253. The number of rotatable bonds is 12. The first-order valence-electron chi connectivity index (χ1n) is 13.7. The van der Waals surface area contributed by atoms with Crippen LogP contribution in [-0.4, -0.2) is 49.2 Å². The molecule has 0 radical (unpaired) electrons. The molecule has 0 saturated carbocycles. The zero-order chi connectivity index (χ0) is 27.5. The van der Waals surface area contributed by atoms with Gasteiger partial charge in [-0.3, -0.25) is 9.69 Å². The topological polar surface area (TPSA) is 123 Å². The van der Waals surface area contributed by atoms with Crippen LogP contribution < -0.4 is 22.1 Å². The minimum atomic E-state index is -0.562. The maximum atomic E-state index is 12.7. The van der Waals surface area contributed by atoms with Crippen LogP contribution in [0.25, 0.3) is 0 Å². The number of hydrogen-bond acceptors (Lipinski definition) is 5. The highest BCUT2D eigenvalue weighted by Crippen LogP contribution is 2.25. The fraction of sp³-hybridized carbons (Fsp3) is 0.355. The van der Waals surface area contributed by atoms with Crippen molar-refractivity contribution >= 4 is 23.3 Å². The van der Waals surface area contributed by atoms with Crippen molar-refractivity contribution < 1.29 is 14.3 Å². The summed E-state index contributed by atoms with van der Waals surface area (Å²) >= 11 is 0. The Balaban J connectivity index is 1.40. The number of ether oxygens (including phenoxy) is 1. The molecule has 3 amide bonds. The van der Waals surface area contributed by atoms with Gasteiger partial charge in [-0.2, -0.15) is 0 Å². The molecule has 3 aromatic carbocycles. The lowest BCUT2D eigenvalue weighted by atomic mass is 9.94. The molecule has 206 valence electrons. The molecule has 0 aliphatic carbocycles. The highest BCUT2D eigenvalue weighted by atomic mass is 16.5. The Hall–Kier alpha value is -3.88. The molecule has 1 aliphatic rings. The SMILES string of the molecule is NC(=O)NC(CCC(CCCc1ccccc1)N1CCOCC1)c1ccc(C(=O)Nc2ccccc2N)cc1. The maximum absolute atomic E-state index is 12.7. The van der Waals surface area contributed by atoms with Crippen LogP contribution in [0, 0.1) is 0 Å². The molecule has 0 aromatic heterocycles. The Bertz CT molecular complexity index is 1200. The number of nitrogens with one attached hydrogen (secondary N) is 2. The predicted octanol–water partition coefficient (Wildman–Crippen LogP) is 4.73. The number of anilines is 2. The minimum Gasteiger partial charge on any atom is -0.397 e. The Morgan fingerprint density at radius 1 is 0.872 bits per heavy atom. The number of carbonyl (C=O) groups excluding carboxylic acids is 2. The molecular weight excluding hydrogens is 490 g/mol. The summed E-state index contributed by atoms with van der Waals surface area (Å²) in [6.45, 7) is 3.33. The van der Waals surface area contributed by atoms with Crippen LogP contribution in [0.1, 0.15) is 53.2 Å². The molecule has 1 heterocycles. The Kier molecular flexibility index (Phi) is 10.3. The van der Waals surface area contributed by atoms with Crippen LogP contribution in [0.3, 0.4) is 0 Å². The van der Waals surface area contributed by atoms with E-state index in [9.17, 15) is 9.59 Å². The van der Waals surface area contributed by atoms with E-state index in [0.717, 1.165) is 64.0 Å². The largest absolute Gasteiger partial charge is 0.397 e. The smallest absolute Gasteiger partial charge is 0.312 e. The first kappa shape index (κ1) is 28.1. The molecule has 2 atom stereocenters. The molecule has 0 spiro atoms. The van der Waals surface area contributed by atoms with Gasteiger partial charge in [0.15, 0.2) is 0 Å². The number of benzene rings is 3. The zero-order valence-electron chi connectivity index (χ0n) is 22.4. The predicted molar refractivity (Wildman–Crippen MR) is 156 cm³/mol. The van der Waals surface area contributed by atoms with Crippen LogP contribution in [0.5, 0.6) is 0 Å². The molecule has 4 rings (SSSR count). The summed E-state index contributed by atoms with van der Waals surface area (Å²) in [6, 6.07) is 24.6. The van der Waals surface area contributed by atoms with Crippen molar-refractivity contribution in [2.24, 2.45) is 5.73 Å². The van der Waals surface area contributed by atoms with Crippen LogP contribution >= 0.6 is 0 Å². The third-order valence-electron chi connectivity index (χ3n) is 7.30. The molecule has 2 unspecified atom stereocenters. The van der Waals surface area contributed by atoms with E-state index in [1.54, 1.807) is 24.3 Å². The van der Waals surface area contributed by atoms with Gasteiger partial charge in [0.2, 0.25) is 0 Å². The van der Waals surface area contributed by atoms with E-state index in [1.165, 1.54) is 5.56 Å². The summed E-state index contributed by atoms with van der Waals surface area (Å²) in [5, 5.41) is 5.76. The van der Waals surface area contributed by atoms with Crippen LogP contribution in [0.2, 0.25) is 0 Å². The van der Waals surface area contributed by atoms with Gasteiger partial charge in [-0.05, 0) is 67.5 Å². The normalized spacial score (nSPS) is 15.3. The highest BCUT2D eigenvalue weighted by Gasteiger charge is 2.23. The molecule has 3 aromatic rings. The second-order valence-corrected chi connectivity index (χ2v) is 9.98. The second kappa shape index (κ2) is 14.3. The number of para-hydroxylation sites is 2. The van der Waals surface area contributed by atoms with E-state index in [0.29, 0.717) is 23.0 Å². The van der Waals surface area contributed by atoms with E-state index < -0.39 is 6.03 Å². The molecule has 39 heavy (non-hydrogen) atoms. The number of nitrogen functional groups attached to an aromatic ring is 1. The summed E-state index contributed by atoms with van der Waals surface area (Å²) < 4.78 is 5.59. The van der Waals surface area contributed by atoms with E-state index in [-0.39, 0.29) is 11.9 Å². The minimum absolute atomic E-state index is 0.246. The van der Waals surface area contributed by atoms with Crippen molar-refractivity contribution in [2.45, 2.75) is 44.2 Å². The molecule has 6 N–H and O–H groups in total. The molecule has 8 heteroatoms. The number of nitrogens with two attached hydrogens (primary N) is 2. The van der Waals surface area contributed by atoms with Crippen LogP contribution in [0.15, 0.2) is 78.9 Å². The summed E-state index contributed by atoms with van der Waals surface area (Å²) in [7, 11) is 0. The monoisotopic (exact) mass is 529 g/mol. The van der Waals surface area contributed by atoms with Gasteiger partial charge < -0.3 is 26.8 Å². The van der Waals surface area contributed by atoms with Gasteiger partial charge in [-0.15, -0.1) is 0 Å². The van der Waals surface area contributed by atoms with E-state index in [4.69, 9.17) is 16.2 Å². The van der Waals surface area contributed by atoms with E-state index in [2.05, 4.69) is 39.8 Å². The third kappa shape index (κ3) is 8.56. The van der Waals surface area contributed by atoms with Crippen LogP contribution in [0.4, 0.5) is 16.2 Å².